The molecule has 7 heteroatoms. The van der Waals surface area contributed by atoms with Gasteiger partial charge in [0.05, 0.1) is 18.1 Å². The van der Waals surface area contributed by atoms with Crippen molar-refractivity contribution in [2.24, 2.45) is 0 Å². The highest BCUT2D eigenvalue weighted by Gasteiger charge is 2.35. The number of hydrogen-bond donors (Lipinski definition) is 0. The number of sulfone groups is 1. The van der Waals surface area contributed by atoms with E-state index in [-0.39, 0.29) is 23.5 Å². The highest BCUT2D eigenvalue weighted by Crippen LogP contribution is 2.24. The number of benzene rings is 2. The van der Waals surface area contributed by atoms with Crippen LogP contribution in [-0.4, -0.2) is 43.4 Å². The maximum absolute atomic E-state index is 13.3. The smallest absolute Gasteiger partial charge is 0.254 e. The Labute approximate surface area is 171 Å². The van der Waals surface area contributed by atoms with Gasteiger partial charge < -0.3 is 9.64 Å². The zero-order valence-corrected chi connectivity index (χ0v) is 17.4. The van der Waals surface area contributed by atoms with E-state index < -0.39 is 9.84 Å². The molecular formula is C21H24ClNO4S. The minimum atomic E-state index is -3.12. The fourth-order valence-corrected chi connectivity index (χ4v) is 5.27. The van der Waals surface area contributed by atoms with E-state index in [1.165, 1.54) is 0 Å². The molecule has 1 fully saturated rings. The number of halogens is 1. The Kier molecular flexibility index (Phi) is 6.62. The molecule has 1 saturated heterocycles. The summed E-state index contributed by atoms with van der Waals surface area (Å²) in [5.74, 6) is 0.528. The number of ether oxygens (including phenoxy) is 1. The molecule has 2 aromatic carbocycles. The van der Waals surface area contributed by atoms with E-state index >= 15 is 0 Å². The van der Waals surface area contributed by atoms with Gasteiger partial charge in [0.15, 0.2) is 9.84 Å². The normalized spacial score (nSPS) is 18.0. The van der Waals surface area contributed by atoms with Crippen LogP contribution in [0.2, 0.25) is 5.02 Å². The van der Waals surface area contributed by atoms with Gasteiger partial charge in [-0.1, -0.05) is 36.7 Å². The Morgan fingerprint density at radius 3 is 2.68 bits per heavy atom. The van der Waals surface area contributed by atoms with Crippen LogP contribution in [-0.2, 0) is 16.4 Å². The molecule has 1 heterocycles. The summed E-state index contributed by atoms with van der Waals surface area (Å²) in [6.45, 7) is 2.90. The van der Waals surface area contributed by atoms with Gasteiger partial charge in [-0.3, -0.25) is 4.79 Å². The first-order valence-corrected chi connectivity index (χ1v) is 11.6. The van der Waals surface area contributed by atoms with Crippen molar-refractivity contribution in [2.75, 3.05) is 18.1 Å². The van der Waals surface area contributed by atoms with Gasteiger partial charge in [0.2, 0.25) is 0 Å². The van der Waals surface area contributed by atoms with E-state index in [1.807, 2.05) is 25.1 Å². The summed E-state index contributed by atoms with van der Waals surface area (Å²) in [7, 11) is -3.12. The Bertz CT molecular complexity index is 945. The summed E-state index contributed by atoms with van der Waals surface area (Å²) in [5.41, 5.74) is 1.35. The molecule has 0 bridgehead atoms. The van der Waals surface area contributed by atoms with Crippen LogP contribution in [0.1, 0.15) is 35.7 Å². The molecule has 0 aromatic heterocycles. The molecule has 2 aromatic rings. The monoisotopic (exact) mass is 421 g/mol. The minimum absolute atomic E-state index is 0.00860. The lowest BCUT2D eigenvalue weighted by Gasteiger charge is -2.29. The lowest BCUT2D eigenvalue weighted by molar-refractivity contribution is 0.0680. The molecule has 0 radical (unpaired) electrons. The first kappa shape index (κ1) is 20.7. The Hall–Kier alpha value is -2.05. The molecule has 150 valence electrons. The number of nitrogens with zero attached hydrogens (tertiary/aromatic N) is 1. The van der Waals surface area contributed by atoms with Crippen LogP contribution in [0.25, 0.3) is 0 Å². The van der Waals surface area contributed by atoms with Gasteiger partial charge in [-0.2, -0.15) is 0 Å². The van der Waals surface area contributed by atoms with Crippen molar-refractivity contribution in [3.8, 4) is 5.75 Å². The number of carbonyl (C=O) groups excluding carboxylic acids is 1. The Morgan fingerprint density at radius 1 is 1.21 bits per heavy atom. The summed E-state index contributed by atoms with van der Waals surface area (Å²) in [5, 5.41) is 0.582. The highest BCUT2D eigenvalue weighted by molar-refractivity contribution is 7.91. The van der Waals surface area contributed by atoms with Crippen LogP contribution in [0.3, 0.4) is 0 Å². The van der Waals surface area contributed by atoms with Crippen LogP contribution < -0.4 is 4.74 Å². The predicted molar refractivity (Wildman–Crippen MR) is 111 cm³/mol. The maximum Gasteiger partial charge on any atom is 0.254 e. The molecule has 0 saturated carbocycles. The largest absolute Gasteiger partial charge is 0.494 e. The maximum atomic E-state index is 13.3. The van der Waals surface area contributed by atoms with Gasteiger partial charge in [-0.25, -0.2) is 8.42 Å². The van der Waals surface area contributed by atoms with Crippen LogP contribution in [0, 0.1) is 0 Å². The molecule has 3 rings (SSSR count). The van der Waals surface area contributed by atoms with Gasteiger partial charge in [0.25, 0.3) is 5.91 Å². The minimum Gasteiger partial charge on any atom is -0.494 e. The SMILES string of the molecule is CCCOc1cccc(C(=O)N(Cc2cccc(Cl)c2)C2CCS(=O)(=O)C2)c1. The van der Waals surface area contributed by atoms with Crippen molar-refractivity contribution >= 4 is 27.3 Å². The summed E-state index contributed by atoms with van der Waals surface area (Å²) in [4.78, 5) is 14.9. The lowest BCUT2D eigenvalue weighted by Crippen LogP contribution is -2.40. The molecular weight excluding hydrogens is 398 g/mol. The third-order valence-corrected chi connectivity index (χ3v) is 6.69. The topological polar surface area (TPSA) is 63.7 Å². The number of carbonyl (C=O) groups is 1. The van der Waals surface area contributed by atoms with Gasteiger partial charge in [-0.05, 0) is 48.7 Å². The average molecular weight is 422 g/mol. The summed E-state index contributed by atoms with van der Waals surface area (Å²) in [6.07, 6.45) is 1.32. The molecule has 0 spiro atoms. The van der Waals surface area contributed by atoms with E-state index in [0.29, 0.717) is 35.9 Å². The predicted octanol–water partition coefficient (Wildman–Crippen LogP) is 3.96. The summed E-state index contributed by atoms with van der Waals surface area (Å²) in [6, 6.07) is 14.0. The zero-order chi connectivity index (χ0) is 20.1. The van der Waals surface area contributed by atoms with E-state index in [0.717, 1.165) is 12.0 Å². The van der Waals surface area contributed by atoms with E-state index in [1.54, 1.807) is 35.2 Å². The number of rotatable bonds is 7. The highest BCUT2D eigenvalue weighted by atomic mass is 35.5. The Morgan fingerprint density at radius 2 is 2.00 bits per heavy atom. The Balaban J connectivity index is 1.88. The van der Waals surface area contributed by atoms with Crippen molar-refractivity contribution in [3.63, 3.8) is 0 Å². The first-order chi connectivity index (χ1) is 13.4. The van der Waals surface area contributed by atoms with E-state index in [9.17, 15) is 13.2 Å². The second-order valence-corrected chi connectivity index (χ2v) is 9.66. The van der Waals surface area contributed by atoms with Crippen LogP contribution >= 0.6 is 11.6 Å². The average Bonchev–Trinajstić information content (AvgIpc) is 3.03. The van der Waals surface area contributed by atoms with Crippen LogP contribution in [0.4, 0.5) is 0 Å². The molecule has 0 aliphatic carbocycles. The molecule has 1 unspecified atom stereocenters. The van der Waals surface area contributed by atoms with E-state index in [2.05, 4.69) is 0 Å². The standard InChI is InChI=1S/C21H24ClNO4S/c1-2-10-27-20-8-4-6-17(13-20)21(24)23(19-9-11-28(25,26)15-19)14-16-5-3-7-18(22)12-16/h3-8,12-13,19H,2,9-11,14-15H2,1H3. The van der Waals surface area contributed by atoms with Crippen molar-refractivity contribution in [2.45, 2.75) is 32.4 Å². The van der Waals surface area contributed by atoms with Gasteiger partial charge in [0, 0.05) is 23.2 Å². The second-order valence-electron chi connectivity index (χ2n) is 7.00. The quantitative estimate of drug-likeness (QED) is 0.678. The van der Waals surface area contributed by atoms with Crippen LogP contribution in [0.15, 0.2) is 48.5 Å². The summed E-state index contributed by atoms with van der Waals surface area (Å²) >= 11 is 6.08. The summed E-state index contributed by atoms with van der Waals surface area (Å²) < 4.78 is 29.6. The second kappa shape index (κ2) is 8.97. The zero-order valence-electron chi connectivity index (χ0n) is 15.8. The van der Waals surface area contributed by atoms with E-state index in [4.69, 9.17) is 16.3 Å². The molecule has 1 aliphatic heterocycles. The molecule has 0 N–H and O–H groups in total. The molecule has 1 atom stereocenters. The van der Waals surface area contributed by atoms with Gasteiger partial charge >= 0.3 is 0 Å². The molecule has 1 aliphatic rings. The van der Waals surface area contributed by atoms with Crippen molar-refractivity contribution in [1.82, 2.24) is 4.90 Å². The molecule has 1 amide bonds. The van der Waals surface area contributed by atoms with Crippen molar-refractivity contribution in [1.29, 1.82) is 0 Å². The fraction of sp³-hybridized carbons (Fsp3) is 0.381. The molecule has 5 nitrogen and oxygen atoms in total. The van der Waals surface area contributed by atoms with Gasteiger partial charge in [0.1, 0.15) is 5.75 Å². The van der Waals surface area contributed by atoms with Crippen molar-refractivity contribution in [3.05, 3.63) is 64.7 Å². The number of amides is 1. The number of hydrogen-bond acceptors (Lipinski definition) is 4. The van der Waals surface area contributed by atoms with Crippen LogP contribution in [0.5, 0.6) is 5.75 Å². The third kappa shape index (κ3) is 5.26. The fourth-order valence-electron chi connectivity index (χ4n) is 3.32. The lowest BCUT2D eigenvalue weighted by atomic mass is 10.1. The van der Waals surface area contributed by atoms with Crippen molar-refractivity contribution < 1.29 is 17.9 Å². The molecule has 28 heavy (non-hydrogen) atoms. The van der Waals surface area contributed by atoms with Gasteiger partial charge in [-0.15, -0.1) is 0 Å². The third-order valence-electron chi connectivity index (χ3n) is 4.71. The first-order valence-electron chi connectivity index (χ1n) is 9.36.